The van der Waals surface area contributed by atoms with Crippen molar-refractivity contribution in [3.05, 3.63) is 53.9 Å². The van der Waals surface area contributed by atoms with Gasteiger partial charge in [0.25, 0.3) is 0 Å². The maximum absolute atomic E-state index is 12.3. The van der Waals surface area contributed by atoms with E-state index in [1.165, 1.54) is 0 Å². The summed E-state index contributed by atoms with van der Waals surface area (Å²) in [5.74, 6) is -0.339. The molecule has 1 atom stereocenters. The highest BCUT2D eigenvalue weighted by Gasteiger charge is 2.35. The summed E-state index contributed by atoms with van der Waals surface area (Å²) in [5.41, 5.74) is 1.52. The topological polar surface area (TPSA) is 53.4 Å². The molecule has 22 heavy (non-hydrogen) atoms. The molecule has 2 heterocycles. The maximum atomic E-state index is 12.3. The minimum atomic E-state index is -0.339. The van der Waals surface area contributed by atoms with Crippen LogP contribution in [-0.4, -0.2) is 35.6 Å². The van der Waals surface area contributed by atoms with E-state index in [4.69, 9.17) is 9.47 Å². The second-order valence-corrected chi connectivity index (χ2v) is 6.13. The molecule has 0 spiro atoms. The summed E-state index contributed by atoms with van der Waals surface area (Å²) in [6, 6.07) is 11.6. The van der Waals surface area contributed by atoms with Gasteiger partial charge in [0.1, 0.15) is 12.3 Å². The number of nitrogens with zero attached hydrogens (tertiary/aromatic N) is 2. The Bertz CT molecular complexity index is 647. The lowest BCUT2D eigenvalue weighted by atomic mass is 9.90. The van der Waals surface area contributed by atoms with Gasteiger partial charge in [-0.15, -0.1) is 0 Å². The Morgan fingerprint density at radius 2 is 2.09 bits per heavy atom. The van der Waals surface area contributed by atoms with Crippen LogP contribution in [0.4, 0.5) is 0 Å². The Hall–Kier alpha value is -2.14. The van der Waals surface area contributed by atoms with Gasteiger partial charge in [-0.1, -0.05) is 37.3 Å². The molecule has 0 amide bonds. The first-order valence-electron chi connectivity index (χ1n) is 7.42. The van der Waals surface area contributed by atoms with Gasteiger partial charge in [0.05, 0.1) is 19.3 Å². The van der Waals surface area contributed by atoms with Crippen molar-refractivity contribution < 1.29 is 14.3 Å². The number of carbonyl (C=O) groups is 1. The molecule has 1 aliphatic heterocycles. The van der Waals surface area contributed by atoms with Crippen LogP contribution in [-0.2, 0) is 9.47 Å². The van der Waals surface area contributed by atoms with E-state index in [0.29, 0.717) is 25.5 Å². The zero-order valence-electron chi connectivity index (χ0n) is 12.9. The Balaban J connectivity index is 1.72. The number of benzene rings is 1. The van der Waals surface area contributed by atoms with Gasteiger partial charge in [0.2, 0.25) is 0 Å². The largest absolute Gasteiger partial charge is 0.460 e. The van der Waals surface area contributed by atoms with Crippen molar-refractivity contribution in [2.24, 2.45) is 5.41 Å². The van der Waals surface area contributed by atoms with Gasteiger partial charge < -0.3 is 9.47 Å². The summed E-state index contributed by atoms with van der Waals surface area (Å²) in [6.07, 6.45) is 1.63. The smallest absolute Gasteiger partial charge is 0.356 e. The van der Waals surface area contributed by atoms with Crippen LogP contribution in [0.15, 0.2) is 42.6 Å². The molecule has 0 bridgehead atoms. The van der Waals surface area contributed by atoms with E-state index in [1.54, 1.807) is 16.9 Å². The predicted molar refractivity (Wildman–Crippen MR) is 81.7 cm³/mol. The minimum absolute atomic E-state index is 0.0265. The number of hydrogen-bond donors (Lipinski definition) is 0. The molecule has 1 aromatic carbocycles. The van der Waals surface area contributed by atoms with Crippen LogP contribution in [0.25, 0.3) is 0 Å². The van der Waals surface area contributed by atoms with Crippen LogP contribution >= 0.6 is 0 Å². The average Bonchev–Trinajstić information content (AvgIpc) is 3.00. The SMILES string of the molecule is C[C@H](c1ccccc1)n1nccc1C(=O)OCC1(C)COC1. The van der Waals surface area contributed by atoms with Crippen molar-refractivity contribution in [3.63, 3.8) is 0 Å². The van der Waals surface area contributed by atoms with Crippen LogP contribution in [0.5, 0.6) is 0 Å². The molecular weight excluding hydrogens is 280 g/mol. The molecule has 0 aliphatic carbocycles. The fourth-order valence-electron chi connectivity index (χ4n) is 2.50. The van der Waals surface area contributed by atoms with Gasteiger partial charge >= 0.3 is 5.97 Å². The first-order valence-corrected chi connectivity index (χ1v) is 7.42. The number of hydrogen-bond acceptors (Lipinski definition) is 4. The fourth-order valence-corrected chi connectivity index (χ4v) is 2.50. The van der Waals surface area contributed by atoms with Gasteiger partial charge in [0, 0.05) is 11.6 Å². The average molecular weight is 300 g/mol. The minimum Gasteiger partial charge on any atom is -0.460 e. The third-order valence-corrected chi connectivity index (χ3v) is 3.98. The molecule has 0 radical (unpaired) electrons. The number of rotatable bonds is 5. The van der Waals surface area contributed by atoms with E-state index in [2.05, 4.69) is 5.10 Å². The molecule has 5 heteroatoms. The van der Waals surface area contributed by atoms with Crippen molar-refractivity contribution in [1.82, 2.24) is 9.78 Å². The summed E-state index contributed by atoms with van der Waals surface area (Å²) >= 11 is 0. The van der Waals surface area contributed by atoms with Crippen LogP contribution in [0.3, 0.4) is 0 Å². The van der Waals surface area contributed by atoms with E-state index < -0.39 is 0 Å². The van der Waals surface area contributed by atoms with Gasteiger partial charge in [0.15, 0.2) is 0 Å². The first kappa shape index (κ1) is 14.8. The molecule has 0 saturated carbocycles. The monoisotopic (exact) mass is 300 g/mol. The van der Waals surface area contributed by atoms with Gasteiger partial charge in [-0.25, -0.2) is 4.79 Å². The Morgan fingerprint density at radius 3 is 2.73 bits per heavy atom. The van der Waals surface area contributed by atoms with E-state index in [0.717, 1.165) is 5.56 Å². The summed E-state index contributed by atoms with van der Waals surface area (Å²) in [7, 11) is 0. The van der Waals surface area contributed by atoms with Crippen LogP contribution in [0.2, 0.25) is 0 Å². The van der Waals surface area contributed by atoms with Crippen molar-refractivity contribution in [1.29, 1.82) is 0 Å². The molecule has 0 N–H and O–H groups in total. The number of ether oxygens (including phenoxy) is 2. The molecule has 1 aromatic heterocycles. The Kier molecular flexibility index (Phi) is 3.98. The highest BCUT2D eigenvalue weighted by molar-refractivity contribution is 5.87. The van der Waals surface area contributed by atoms with Crippen LogP contribution < -0.4 is 0 Å². The summed E-state index contributed by atoms with van der Waals surface area (Å²) in [4.78, 5) is 12.3. The molecule has 2 aromatic rings. The quantitative estimate of drug-likeness (QED) is 0.797. The molecule has 1 saturated heterocycles. The number of carbonyl (C=O) groups excluding carboxylic acids is 1. The highest BCUT2D eigenvalue weighted by atomic mass is 16.5. The number of esters is 1. The highest BCUT2D eigenvalue weighted by Crippen LogP contribution is 2.27. The molecule has 5 nitrogen and oxygen atoms in total. The van der Waals surface area contributed by atoms with Gasteiger partial charge in [-0.2, -0.15) is 5.10 Å². The fraction of sp³-hybridized carbons (Fsp3) is 0.412. The summed E-state index contributed by atoms with van der Waals surface area (Å²) in [6.45, 7) is 5.71. The zero-order chi connectivity index (χ0) is 15.6. The van der Waals surface area contributed by atoms with Crippen molar-refractivity contribution >= 4 is 5.97 Å². The summed E-state index contributed by atoms with van der Waals surface area (Å²) in [5, 5.41) is 4.28. The van der Waals surface area contributed by atoms with E-state index in [9.17, 15) is 4.79 Å². The Morgan fingerprint density at radius 1 is 1.36 bits per heavy atom. The van der Waals surface area contributed by atoms with Crippen molar-refractivity contribution in [2.45, 2.75) is 19.9 Å². The van der Waals surface area contributed by atoms with Crippen molar-refractivity contribution in [3.8, 4) is 0 Å². The lowest BCUT2D eigenvalue weighted by Gasteiger charge is -2.37. The van der Waals surface area contributed by atoms with E-state index in [1.807, 2.05) is 44.2 Å². The van der Waals surface area contributed by atoms with Crippen molar-refractivity contribution in [2.75, 3.05) is 19.8 Å². The normalized spacial score (nSPS) is 17.5. The lowest BCUT2D eigenvalue weighted by molar-refractivity contribution is -0.127. The standard InChI is InChI=1S/C17H20N2O3/c1-13(14-6-4-3-5-7-14)19-15(8-9-18-19)16(20)22-12-17(2)10-21-11-17/h3-9,13H,10-12H2,1-2H3/t13-/m1/s1. The second-order valence-electron chi connectivity index (χ2n) is 6.13. The second kappa shape index (κ2) is 5.93. The Labute approximate surface area is 129 Å². The molecule has 3 rings (SSSR count). The predicted octanol–water partition coefficient (Wildman–Crippen LogP) is 2.69. The zero-order valence-corrected chi connectivity index (χ0v) is 12.9. The first-order chi connectivity index (χ1) is 10.6. The van der Waals surface area contributed by atoms with Crippen LogP contribution in [0, 0.1) is 5.41 Å². The van der Waals surface area contributed by atoms with E-state index >= 15 is 0 Å². The van der Waals surface area contributed by atoms with Gasteiger partial charge in [-0.3, -0.25) is 4.68 Å². The third-order valence-electron chi connectivity index (χ3n) is 3.98. The third kappa shape index (κ3) is 2.90. The molecule has 1 aliphatic rings. The molecule has 1 fully saturated rings. The number of aromatic nitrogens is 2. The van der Waals surface area contributed by atoms with E-state index in [-0.39, 0.29) is 17.4 Å². The lowest BCUT2D eigenvalue weighted by Crippen LogP contribution is -2.44. The van der Waals surface area contributed by atoms with Crippen LogP contribution in [0.1, 0.15) is 35.9 Å². The molecule has 0 unspecified atom stereocenters. The molecule has 116 valence electrons. The molecular formula is C17H20N2O3. The maximum Gasteiger partial charge on any atom is 0.356 e. The summed E-state index contributed by atoms with van der Waals surface area (Å²) < 4.78 is 12.3. The van der Waals surface area contributed by atoms with Gasteiger partial charge in [-0.05, 0) is 18.6 Å².